The Bertz CT molecular complexity index is 1120. The SMILES string of the molecule is O=C(Cc1ccccc1[N+](=O)[O-])N/N=C/c1cc(Br)ccc1OCc1ccc(F)cc1. The Morgan fingerprint density at radius 3 is 2.65 bits per heavy atom. The Hall–Kier alpha value is -3.59. The van der Waals surface area contributed by atoms with E-state index in [2.05, 4.69) is 26.5 Å². The van der Waals surface area contributed by atoms with Crippen LogP contribution in [0.15, 0.2) is 76.3 Å². The summed E-state index contributed by atoms with van der Waals surface area (Å²) in [6.45, 7) is 0.229. The minimum absolute atomic E-state index is 0.120. The number of nitro groups is 1. The molecule has 0 aliphatic heterocycles. The highest BCUT2D eigenvalue weighted by molar-refractivity contribution is 9.10. The van der Waals surface area contributed by atoms with Crippen LogP contribution in [0, 0.1) is 15.9 Å². The average Bonchev–Trinajstić information content (AvgIpc) is 2.74. The molecule has 9 heteroatoms. The van der Waals surface area contributed by atoms with E-state index in [-0.39, 0.29) is 24.5 Å². The zero-order valence-electron chi connectivity index (χ0n) is 16.1. The Labute approximate surface area is 185 Å². The number of amides is 1. The summed E-state index contributed by atoms with van der Waals surface area (Å²) in [7, 11) is 0. The van der Waals surface area contributed by atoms with Crippen LogP contribution >= 0.6 is 15.9 Å². The van der Waals surface area contributed by atoms with Gasteiger partial charge in [0.1, 0.15) is 18.2 Å². The van der Waals surface area contributed by atoms with Crippen LogP contribution in [0.3, 0.4) is 0 Å². The van der Waals surface area contributed by atoms with Crippen LogP contribution in [0.25, 0.3) is 0 Å². The predicted octanol–water partition coefficient (Wildman–Crippen LogP) is 4.77. The van der Waals surface area contributed by atoms with Crippen LogP contribution < -0.4 is 10.2 Å². The molecule has 3 rings (SSSR count). The summed E-state index contributed by atoms with van der Waals surface area (Å²) < 4.78 is 19.6. The molecular weight excluding hydrogens is 469 g/mol. The molecule has 3 aromatic rings. The molecule has 0 saturated carbocycles. The third-order valence-corrected chi connectivity index (χ3v) is 4.70. The number of hydrogen-bond donors (Lipinski definition) is 1. The first kappa shape index (κ1) is 22.1. The largest absolute Gasteiger partial charge is 0.488 e. The van der Waals surface area contributed by atoms with Crippen molar-refractivity contribution >= 4 is 33.7 Å². The summed E-state index contributed by atoms with van der Waals surface area (Å²) in [6, 6.07) is 17.3. The molecule has 0 spiro atoms. The first-order chi connectivity index (χ1) is 14.9. The molecule has 7 nitrogen and oxygen atoms in total. The quantitative estimate of drug-likeness (QED) is 0.282. The van der Waals surface area contributed by atoms with Crippen molar-refractivity contribution in [2.75, 3.05) is 0 Å². The van der Waals surface area contributed by atoms with Crippen molar-refractivity contribution in [3.05, 3.63) is 104 Å². The molecule has 0 fully saturated rings. The number of hydrogen-bond acceptors (Lipinski definition) is 5. The summed E-state index contributed by atoms with van der Waals surface area (Å²) in [5.41, 5.74) is 3.94. The zero-order valence-corrected chi connectivity index (χ0v) is 17.7. The van der Waals surface area contributed by atoms with E-state index in [1.54, 1.807) is 42.5 Å². The third-order valence-electron chi connectivity index (χ3n) is 4.21. The van der Waals surface area contributed by atoms with Crippen molar-refractivity contribution < 1.29 is 18.8 Å². The number of carbonyl (C=O) groups excluding carboxylic acids is 1. The molecule has 158 valence electrons. The molecule has 0 bridgehead atoms. The summed E-state index contributed by atoms with van der Waals surface area (Å²) in [5, 5.41) is 15.0. The third kappa shape index (κ3) is 6.45. The summed E-state index contributed by atoms with van der Waals surface area (Å²) in [4.78, 5) is 22.7. The van der Waals surface area contributed by atoms with E-state index in [4.69, 9.17) is 4.74 Å². The highest BCUT2D eigenvalue weighted by atomic mass is 79.9. The lowest BCUT2D eigenvalue weighted by atomic mass is 10.1. The Kier molecular flexibility index (Phi) is 7.45. The minimum Gasteiger partial charge on any atom is -0.488 e. The van der Waals surface area contributed by atoms with Gasteiger partial charge in [-0.3, -0.25) is 14.9 Å². The fourth-order valence-electron chi connectivity index (χ4n) is 2.72. The second-order valence-electron chi connectivity index (χ2n) is 6.45. The van der Waals surface area contributed by atoms with Crippen molar-refractivity contribution in [2.45, 2.75) is 13.0 Å². The normalized spacial score (nSPS) is 10.8. The molecule has 0 heterocycles. The zero-order chi connectivity index (χ0) is 22.2. The monoisotopic (exact) mass is 485 g/mol. The van der Waals surface area contributed by atoms with E-state index < -0.39 is 10.8 Å². The number of nitrogens with zero attached hydrogens (tertiary/aromatic N) is 2. The molecule has 0 aromatic heterocycles. The van der Waals surface area contributed by atoms with Crippen molar-refractivity contribution in [3.63, 3.8) is 0 Å². The van der Waals surface area contributed by atoms with Crippen molar-refractivity contribution in [1.29, 1.82) is 0 Å². The van der Waals surface area contributed by atoms with Crippen LogP contribution in [0.2, 0.25) is 0 Å². The number of ether oxygens (including phenoxy) is 1. The van der Waals surface area contributed by atoms with E-state index in [9.17, 15) is 19.3 Å². The predicted molar refractivity (Wildman–Crippen MR) is 117 cm³/mol. The molecule has 3 aromatic carbocycles. The van der Waals surface area contributed by atoms with Crippen LogP contribution in [0.4, 0.5) is 10.1 Å². The van der Waals surface area contributed by atoms with Gasteiger partial charge in [-0.15, -0.1) is 0 Å². The molecule has 0 radical (unpaired) electrons. The number of benzene rings is 3. The number of nitrogens with one attached hydrogen (secondary N) is 1. The van der Waals surface area contributed by atoms with E-state index in [1.807, 2.05) is 0 Å². The molecule has 0 aliphatic carbocycles. The standard InChI is InChI=1S/C22H17BrFN3O4/c23-18-7-10-21(31-14-15-5-8-19(24)9-6-15)17(11-18)13-25-26-22(28)12-16-3-1-2-4-20(16)27(29)30/h1-11,13H,12,14H2,(H,26,28)/b25-13+. The fourth-order valence-corrected chi connectivity index (χ4v) is 3.10. The van der Waals surface area contributed by atoms with Gasteiger partial charge < -0.3 is 4.74 Å². The topological polar surface area (TPSA) is 93.8 Å². The van der Waals surface area contributed by atoms with Crippen LogP contribution in [0.1, 0.15) is 16.7 Å². The van der Waals surface area contributed by atoms with Gasteiger partial charge >= 0.3 is 0 Å². The second kappa shape index (κ2) is 10.4. The number of para-hydroxylation sites is 1. The van der Waals surface area contributed by atoms with Crippen LogP contribution in [-0.4, -0.2) is 17.0 Å². The Morgan fingerprint density at radius 2 is 1.90 bits per heavy atom. The van der Waals surface area contributed by atoms with Crippen LogP contribution in [-0.2, 0) is 17.8 Å². The maximum Gasteiger partial charge on any atom is 0.273 e. The van der Waals surface area contributed by atoms with E-state index >= 15 is 0 Å². The van der Waals surface area contributed by atoms with Gasteiger partial charge in [-0.05, 0) is 35.9 Å². The van der Waals surface area contributed by atoms with Crippen LogP contribution in [0.5, 0.6) is 5.75 Å². The first-order valence-corrected chi connectivity index (χ1v) is 9.92. The Balaban J connectivity index is 1.65. The van der Waals surface area contributed by atoms with Gasteiger partial charge in [0.05, 0.1) is 17.6 Å². The molecule has 1 N–H and O–H groups in total. The maximum absolute atomic E-state index is 13.0. The van der Waals surface area contributed by atoms with E-state index in [0.717, 1.165) is 10.0 Å². The highest BCUT2D eigenvalue weighted by Gasteiger charge is 2.15. The van der Waals surface area contributed by atoms with E-state index in [1.165, 1.54) is 30.5 Å². The highest BCUT2D eigenvalue weighted by Crippen LogP contribution is 2.23. The van der Waals surface area contributed by atoms with Crippen molar-refractivity contribution in [2.24, 2.45) is 5.10 Å². The second-order valence-corrected chi connectivity index (χ2v) is 7.37. The van der Waals surface area contributed by atoms with Gasteiger partial charge in [0.15, 0.2) is 0 Å². The lowest BCUT2D eigenvalue weighted by molar-refractivity contribution is -0.385. The minimum atomic E-state index is -0.530. The summed E-state index contributed by atoms with van der Waals surface area (Å²) in [5.74, 6) is -0.296. The molecule has 1 amide bonds. The Morgan fingerprint density at radius 1 is 1.16 bits per heavy atom. The van der Waals surface area contributed by atoms with E-state index in [0.29, 0.717) is 16.9 Å². The lowest BCUT2D eigenvalue weighted by Crippen LogP contribution is -2.20. The van der Waals surface area contributed by atoms with Crippen molar-refractivity contribution in [1.82, 2.24) is 5.43 Å². The fraction of sp³-hybridized carbons (Fsp3) is 0.0909. The number of hydrazone groups is 1. The van der Waals surface area contributed by atoms with Gasteiger partial charge in [0.2, 0.25) is 5.91 Å². The maximum atomic E-state index is 13.0. The molecule has 0 atom stereocenters. The van der Waals surface area contributed by atoms with Gasteiger partial charge in [0, 0.05) is 21.7 Å². The molecular formula is C22H17BrFN3O4. The first-order valence-electron chi connectivity index (χ1n) is 9.13. The van der Waals surface area contributed by atoms with Crippen molar-refractivity contribution in [3.8, 4) is 5.75 Å². The number of rotatable bonds is 8. The average molecular weight is 486 g/mol. The number of nitro benzene ring substituents is 1. The smallest absolute Gasteiger partial charge is 0.273 e. The number of carbonyl (C=O) groups is 1. The molecule has 0 saturated heterocycles. The summed E-state index contributed by atoms with van der Waals surface area (Å²) >= 11 is 3.38. The van der Waals surface area contributed by atoms with Gasteiger partial charge in [0.25, 0.3) is 5.69 Å². The molecule has 0 aliphatic rings. The lowest BCUT2D eigenvalue weighted by Gasteiger charge is -2.10. The number of halogens is 2. The molecule has 0 unspecified atom stereocenters. The molecule has 31 heavy (non-hydrogen) atoms. The summed E-state index contributed by atoms with van der Waals surface area (Å²) in [6.07, 6.45) is 1.24. The van der Waals surface area contributed by atoms with Gasteiger partial charge in [-0.2, -0.15) is 5.10 Å². The van der Waals surface area contributed by atoms with Gasteiger partial charge in [-0.1, -0.05) is 46.3 Å². The van der Waals surface area contributed by atoms with Gasteiger partial charge in [-0.25, -0.2) is 9.82 Å².